The normalized spacial score (nSPS) is 10.9. The number of rotatable bonds is 13. The molecule has 1 aromatic carbocycles. The van der Waals surface area contributed by atoms with Crippen LogP contribution in [0.5, 0.6) is 6.01 Å². The van der Waals surface area contributed by atoms with Crippen molar-refractivity contribution in [3.63, 3.8) is 0 Å². The number of aromatic amines is 1. The van der Waals surface area contributed by atoms with Gasteiger partial charge in [-0.3, -0.25) is 15.1 Å². The molecule has 5 N–H and O–H groups in total. The van der Waals surface area contributed by atoms with E-state index in [0.29, 0.717) is 36.1 Å². The van der Waals surface area contributed by atoms with Crippen LogP contribution in [0.25, 0.3) is 0 Å². The summed E-state index contributed by atoms with van der Waals surface area (Å²) in [7, 11) is 1.87. The summed E-state index contributed by atoms with van der Waals surface area (Å²) in [5, 5.41) is 7.30. The van der Waals surface area contributed by atoms with Gasteiger partial charge in [0.2, 0.25) is 11.7 Å². The number of hydrazone groups is 1. The second kappa shape index (κ2) is 12.4. The minimum atomic E-state index is -0.483. The summed E-state index contributed by atoms with van der Waals surface area (Å²) in [5.41, 5.74) is 9.96. The first kappa shape index (κ1) is 23.1. The van der Waals surface area contributed by atoms with E-state index in [1.165, 1.54) is 0 Å². The standard InChI is InChI=1S/C21H31N7O2/c1-4-10-28(11-5-2)19-14-18(25-21(26-19)30-12-9-23-3)15-24-27-17-8-6-7-16(13-17)20(22)29/h6-8,13-15,23,27H,4-5,9-12H2,1-3H3,(H2,22,29)/p+1/b24-15+. The summed E-state index contributed by atoms with van der Waals surface area (Å²) >= 11 is 0. The van der Waals surface area contributed by atoms with Crippen LogP contribution in [0, 0.1) is 0 Å². The van der Waals surface area contributed by atoms with Gasteiger partial charge in [-0.15, -0.1) is 0 Å². The van der Waals surface area contributed by atoms with Crippen LogP contribution in [0.1, 0.15) is 42.7 Å². The number of hydrogen-bond acceptors (Lipinski definition) is 7. The predicted molar refractivity (Wildman–Crippen MR) is 119 cm³/mol. The molecule has 0 spiro atoms. The van der Waals surface area contributed by atoms with Crippen molar-refractivity contribution in [1.29, 1.82) is 0 Å². The number of aromatic nitrogens is 2. The first-order valence-electron chi connectivity index (χ1n) is 10.2. The number of amides is 1. The summed E-state index contributed by atoms with van der Waals surface area (Å²) in [6.45, 7) is 7.38. The van der Waals surface area contributed by atoms with E-state index >= 15 is 0 Å². The van der Waals surface area contributed by atoms with Gasteiger partial charge in [0.1, 0.15) is 6.61 Å². The number of primary amides is 1. The number of hydrogen-bond donors (Lipinski definition) is 3. The molecule has 9 heteroatoms. The number of carbonyl (C=O) groups is 1. The Balaban J connectivity index is 2.22. The molecule has 1 aromatic heterocycles. The Morgan fingerprint density at radius 3 is 2.73 bits per heavy atom. The van der Waals surface area contributed by atoms with Gasteiger partial charge in [0.05, 0.1) is 31.1 Å². The molecule has 2 aromatic rings. The number of carbonyl (C=O) groups excluding carboxylic acids is 1. The lowest BCUT2D eigenvalue weighted by atomic mass is 10.2. The number of benzene rings is 1. The second-order valence-electron chi connectivity index (χ2n) is 6.75. The Labute approximate surface area is 177 Å². The average molecular weight is 415 g/mol. The van der Waals surface area contributed by atoms with Gasteiger partial charge in [-0.1, -0.05) is 24.9 Å². The average Bonchev–Trinajstić information content (AvgIpc) is 2.74. The molecule has 0 aliphatic carbocycles. The minimum absolute atomic E-state index is 0.417. The van der Waals surface area contributed by atoms with Gasteiger partial charge in [0.15, 0.2) is 5.69 Å². The van der Waals surface area contributed by atoms with E-state index in [1.54, 1.807) is 30.5 Å². The van der Waals surface area contributed by atoms with E-state index in [0.717, 1.165) is 31.7 Å². The Morgan fingerprint density at radius 1 is 1.30 bits per heavy atom. The topological polar surface area (TPSA) is 119 Å². The van der Waals surface area contributed by atoms with Crippen LogP contribution in [-0.4, -0.2) is 50.4 Å². The zero-order valence-corrected chi connectivity index (χ0v) is 17.9. The Hall–Kier alpha value is -3.20. The quantitative estimate of drug-likeness (QED) is 0.261. The summed E-state index contributed by atoms with van der Waals surface area (Å²) in [6.07, 6.45) is 3.69. The highest BCUT2D eigenvalue weighted by Crippen LogP contribution is 2.13. The van der Waals surface area contributed by atoms with Crippen molar-refractivity contribution in [2.75, 3.05) is 43.6 Å². The van der Waals surface area contributed by atoms with E-state index in [1.807, 2.05) is 13.1 Å². The van der Waals surface area contributed by atoms with Gasteiger partial charge in [0, 0.05) is 12.1 Å². The van der Waals surface area contributed by atoms with Gasteiger partial charge < -0.3 is 15.8 Å². The second-order valence-corrected chi connectivity index (χ2v) is 6.75. The van der Waals surface area contributed by atoms with Crippen molar-refractivity contribution in [2.45, 2.75) is 26.7 Å². The van der Waals surface area contributed by atoms with Crippen molar-refractivity contribution in [2.24, 2.45) is 10.8 Å². The summed E-state index contributed by atoms with van der Waals surface area (Å²) in [5.74, 6) is 0.452. The maximum Gasteiger partial charge on any atom is 0.432 e. The molecule has 0 aliphatic rings. The van der Waals surface area contributed by atoms with Crippen LogP contribution in [0.15, 0.2) is 35.4 Å². The molecule has 30 heavy (non-hydrogen) atoms. The summed E-state index contributed by atoms with van der Waals surface area (Å²) in [6, 6.07) is 9.24. The van der Waals surface area contributed by atoms with Gasteiger partial charge in [-0.25, -0.2) is 4.98 Å². The molecular formula is C21H32N7O2+. The molecule has 2 rings (SSSR count). The lowest BCUT2D eigenvalue weighted by Gasteiger charge is -2.17. The van der Waals surface area contributed by atoms with Crippen LogP contribution in [0.3, 0.4) is 0 Å². The molecule has 0 saturated carbocycles. The van der Waals surface area contributed by atoms with Crippen molar-refractivity contribution in [1.82, 2.24) is 10.3 Å². The molecule has 1 heterocycles. The third kappa shape index (κ3) is 7.32. The zero-order chi connectivity index (χ0) is 21.8. The fourth-order valence-corrected chi connectivity index (χ4v) is 2.83. The molecule has 9 nitrogen and oxygen atoms in total. The molecule has 0 unspecified atom stereocenters. The molecule has 0 saturated heterocycles. The van der Waals surface area contributed by atoms with E-state index in [2.05, 4.69) is 44.6 Å². The number of nitrogens with one attached hydrogen (secondary N) is 3. The molecule has 0 radical (unpaired) electrons. The van der Waals surface area contributed by atoms with Crippen LogP contribution in [-0.2, 0) is 0 Å². The Bertz CT molecular complexity index is 836. The van der Waals surface area contributed by atoms with Gasteiger partial charge in [0.25, 0.3) is 0 Å². The highest BCUT2D eigenvalue weighted by atomic mass is 16.5. The van der Waals surface area contributed by atoms with Crippen LogP contribution >= 0.6 is 0 Å². The Morgan fingerprint density at radius 2 is 2.07 bits per heavy atom. The number of likely N-dealkylation sites (N-methyl/N-ethyl adjacent to an activating group) is 1. The highest BCUT2D eigenvalue weighted by molar-refractivity contribution is 5.93. The molecule has 1 amide bonds. The van der Waals surface area contributed by atoms with Gasteiger partial charge in [-0.05, 0) is 38.1 Å². The van der Waals surface area contributed by atoms with Crippen molar-refractivity contribution in [3.05, 3.63) is 41.6 Å². The largest absolute Gasteiger partial charge is 0.439 e. The zero-order valence-electron chi connectivity index (χ0n) is 17.9. The lowest BCUT2D eigenvalue weighted by Crippen LogP contribution is -2.32. The van der Waals surface area contributed by atoms with Crippen molar-refractivity contribution < 1.29 is 14.5 Å². The summed E-state index contributed by atoms with van der Waals surface area (Å²) < 4.78 is 5.75. The molecule has 0 bridgehead atoms. The molecule has 162 valence electrons. The maximum absolute atomic E-state index is 11.3. The van der Waals surface area contributed by atoms with Crippen molar-refractivity contribution >= 4 is 23.6 Å². The predicted octanol–water partition coefficient (Wildman–Crippen LogP) is 1.67. The molecule has 0 fully saturated rings. The Kier molecular flexibility index (Phi) is 9.53. The number of ether oxygens (including phenoxy) is 1. The number of nitrogens with two attached hydrogens (primary N) is 1. The van der Waals surface area contributed by atoms with Crippen molar-refractivity contribution in [3.8, 4) is 6.01 Å². The first-order chi connectivity index (χ1) is 14.6. The van der Waals surface area contributed by atoms with Gasteiger partial charge in [-0.2, -0.15) is 5.10 Å². The van der Waals surface area contributed by atoms with E-state index in [4.69, 9.17) is 10.5 Å². The smallest absolute Gasteiger partial charge is 0.432 e. The van der Waals surface area contributed by atoms with E-state index in [9.17, 15) is 4.79 Å². The molecular weight excluding hydrogens is 382 g/mol. The molecule has 0 atom stereocenters. The SMILES string of the molecule is CCCN(CCC)c1cc(/C=N/Nc2cccc(C(N)=O)c2)nc(OCCNC)[nH+]1. The third-order valence-corrected chi connectivity index (χ3v) is 4.21. The first-order valence-corrected chi connectivity index (χ1v) is 10.2. The monoisotopic (exact) mass is 414 g/mol. The minimum Gasteiger partial charge on any atom is -0.439 e. The summed E-state index contributed by atoms with van der Waals surface area (Å²) in [4.78, 5) is 21.4. The molecule has 0 aliphatic heterocycles. The number of anilines is 2. The van der Waals surface area contributed by atoms with Crippen LogP contribution in [0.4, 0.5) is 11.5 Å². The van der Waals surface area contributed by atoms with E-state index < -0.39 is 5.91 Å². The van der Waals surface area contributed by atoms with Crippen LogP contribution in [0.2, 0.25) is 0 Å². The number of nitrogens with zero attached hydrogens (tertiary/aromatic N) is 3. The van der Waals surface area contributed by atoms with E-state index in [-0.39, 0.29) is 0 Å². The maximum atomic E-state index is 11.3. The van der Waals surface area contributed by atoms with Gasteiger partial charge >= 0.3 is 6.01 Å². The number of H-pyrrole nitrogens is 1. The third-order valence-electron chi connectivity index (χ3n) is 4.21. The highest BCUT2D eigenvalue weighted by Gasteiger charge is 2.17. The fourth-order valence-electron chi connectivity index (χ4n) is 2.83. The fraction of sp³-hybridized carbons (Fsp3) is 0.429. The van der Waals surface area contributed by atoms with Crippen LogP contribution < -0.4 is 31.1 Å². The lowest BCUT2D eigenvalue weighted by molar-refractivity contribution is -0.386.